The Hall–Kier alpha value is -2.55. The van der Waals surface area contributed by atoms with Crippen LogP contribution in [-0.2, 0) is 16.0 Å². The minimum atomic E-state index is -0.378. The van der Waals surface area contributed by atoms with E-state index in [2.05, 4.69) is 60.4 Å². The highest BCUT2D eigenvalue weighted by Gasteiger charge is 2.00. The van der Waals surface area contributed by atoms with E-state index in [-0.39, 0.29) is 5.97 Å². The first-order valence-corrected chi connectivity index (χ1v) is 6.89. The van der Waals surface area contributed by atoms with E-state index in [1.165, 1.54) is 17.2 Å². The molecule has 108 valence electrons. The molecule has 0 fully saturated rings. The van der Waals surface area contributed by atoms with Crippen molar-refractivity contribution >= 4 is 11.7 Å². The average Bonchev–Trinajstić information content (AvgIpc) is 2.55. The lowest BCUT2D eigenvalue weighted by atomic mass is 10.0. The fraction of sp³-hybridized carbons (Fsp3) is 0.167. The first-order chi connectivity index (χ1) is 10.2. The normalized spacial score (nSPS) is 9.95. The number of benzene rings is 2. The van der Waals surface area contributed by atoms with Gasteiger partial charge in [-0.2, -0.15) is 0 Å². The third-order valence-electron chi connectivity index (χ3n) is 3.26. The Kier molecular flexibility index (Phi) is 5.16. The summed E-state index contributed by atoms with van der Waals surface area (Å²) in [4.78, 5) is 10.9. The van der Waals surface area contributed by atoms with E-state index in [1.807, 2.05) is 7.05 Å². The molecule has 0 spiro atoms. The lowest BCUT2D eigenvalue weighted by Gasteiger charge is -2.06. The monoisotopic (exact) mass is 281 g/mol. The van der Waals surface area contributed by atoms with E-state index in [4.69, 9.17) is 4.74 Å². The van der Waals surface area contributed by atoms with Crippen LogP contribution in [0.15, 0.2) is 61.2 Å². The molecule has 1 N–H and O–H groups in total. The van der Waals surface area contributed by atoms with E-state index < -0.39 is 0 Å². The maximum atomic E-state index is 10.9. The quantitative estimate of drug-likeness (QED) is 0.648. The highest BCUT2D eigenvalue weighted by atomic mass is 16.5. The second kappa shape index (κ2) is 7.29. The molecule has 2 rings (SSSR count). The van der Waals surface area contributed by atoms with Crippen LogP contribution in [0.3, 0.4) is 0 Å². The molecule has 0 atom stereocenters. The van der Waals surface area contributed by atoms with Crippen molar-refractivity contribution in [1.29, 1.82) is 0 Å². The van der Waals surface area contributed by atoms with Crippen LogP contribution in [0, 0.1) is 0 Å². The summed E-state index contributed by atoms with van der Waals surface area (Å²) in [5.74, 6) is -0.378. The van der Waals surface area contributed by atoms with Gasteiger partial charge in [-0.25, -0.2) is 4.79 Å². The molecule has 2 aromatic rings. The Labute approximate surface area is 125 Å². The highest BCUT2D eigenvalue weighted by Crippen LogP contribution is 2.21. The molecular formula is C18H19NO2. The third kappa shape index (κ3) is 4.21. The van der Waals surface area contributed by atoms with Gasteiger partial charge in [-0.3, -0.25) is 0 Å². The van der Waals surface area contributed by atoms with Crippen LogP contribution in [0.2, 0.25) is 0 Å². The summed E-state index contributed by atoms with van der Waals surface area (Å²) in [6.07, 6.45) is 1.89. The Morgan fingerprint density at radius 2 is 1.67 bits per heavy atom. The van der Waals surface area contributed by atoms with Crippen LogP contribution in [0.4, 0.5) is 5.69 Å². The molecule has 3 nitrogen and oxygen atoms in total. The number of hydrogen-bond donors (Lipinski definition) is 1. The van der Waals surface area contributed by atoms with E-state index in [0.29, 0.717) is 13.0 Å². The fourth-order valence-corrected chi connectivity index (χ4v) is 2.02. The molecule has 0 heterocycles. The Balaban J connectivity index is 1.97. The van der Waals surface area contributed by atoms with Gasteiger partial charge in [0.2, 0.25) is 0 Å². The lowest BCUT2D eigenvalue weighted by Crippen LogP contribution is -2.04. The Morgan fingerprint density at radius 1 is 1.10 bits per heavy atom. The summed E-state index contributed by atoms with van der Waals surface area (Å²) in [5.41, 5.74) is 4.59. The molecule has 21 heavy (non-hydrogen) atoms. The van der Waals surface area contributed by atoms with Crippen molar-refractivity contribution in [2.75, 3.05) is 19.0 Å². The minimum Gasteiger partial charge on any atom is -0.462 e. The third-order valence-corrected chi connectivity index (χ3v) is 3.26. The second-order valence-corrected chi connectivity index (χ2v) is 4.65. The van der Waals surface area contributed by atoms with Gasteiger partial charge in [0.15, 0.2) is 0 Å². The molecule has 0 saturated carbocycles. The van der Waals surface area contributed by atoms with Gasteiger partial charge < -0.3 is 10.1 Å². The van der Waals surface area contributed by atoms with Gasteiger partial charge in [0.05, 0.1) is 6.61 Å². The summed E-state index contributed by atoms with van der Waals surface area (Å²) in [6, 6.07) is 16.6. The summed E-state index contributed by atoms with van der Waals surface area (Å²) in [6.45, 7) is 3.74. The van der Waals surface area contributed by atoms with Crippen LogP contribution in [0.1, 0.15) is 5.56 Å². The molecular weight excluding hydrogens is 262 g/mol. The van der Waals surface area contributed by atoms with Crippen LogP contribution in [0.25, 0.3) is 11.1 Å². The van der Waals surface area contributed by atoms with Crippen molar-refractivity contribution in [2.24, 2.45) is 0 Å². The zero-order chi connectivity index (χ0) is 15.1. The number of carbonyl (C=O) groups excluding carboxylic acids is 1. The van der Waals surface area contributed by atoms with Gasteiger partial charge in [-0.15, -0.1) is 0 Å². The molecule has 0 aliphatic carbocycles. The Morgan fingerprint density at radius 3 is 2.19 bits per heavy atom. The topological polar surface area (TPSA) is 38.3 Å². The van der Waals surface area contributed by atoms with Crippen LogP contribution < -0.4 is 5.32 Å². The number of carbonyl (C=O) groups is 1. The number of esters is 1. The molecule has 0 aliphatic heterocycles. The summed E-state index contributed by atoms with van der Waals surface area (Å²) in [5, 5.41) is 3.10. The maximum Gasteiger partial charge on any atom is 0.330 e. The van der Waals surface area contributed by atoms with E-state index in [1.54, 1.807) is 0 Å². The summed E-state index contributed by atoms with van der Waals surface area (Å²) >= 11 is 0. The van der Waals surface area contributed by atoms with Crippen molar-refractivity contribution in [1.82, 2.24) is 0 Å². The molecule has 0 aromatic heterocycles. The number of rotatable bonds is 6. The molecule has 0 bridgehead atoms. The number of anilines is 1. The van der Waals surface area contributed by atoms with Gasteiger partial charge in [0.25, 0.3) is 0 Å². The fourth-order valence-electron chi connectivity index (χ4n) is 2.02. The molecule has 3 heteroatoms. The predicted molar refractivity (Wildman–Crippen MR) is 86.3 cm³/mol. The molecule has 0 saturated heterocycles. The van der Waals surface area contributed by atoms with Gasteiger partial charge >= 0.3 is 5.97 Å². The Bertz CT molecular complexity index is 600. The van der Waals surface area contributed by atoms with E-state index in [0.717, 1.165) is 11.3 Å². The van der Waals surface area contributed by atoms with Crippen molar-refractivity contribution in [3.8, 4) is 11.1 Å². The van der Waals surface area contributed by atoms with E-state index >= 15 is 0 Å². The smallest absolute Gasteiger partial charge is 0.330 e. The lowest BCUT2D eigenvalue weighted by molar-refractivity contribution is -0.137. The predicted octanol–water partition coefficient (Wildman–Crippen LogP) is 3.67. The van der Waals surface area contributed by atoms with Gasteiger partial charge in [0.1, 0.15) is 0 Å². The molecule has 0 amide bonds. The second-order valence-electron chi connectivity index (χ2n) is 4.65. The highest BCUT2D eigenvalue weighted by molar-refractivity contribution is 5.81. The largest absolute Gasteiger partial charge is 0.462 e. The zero-order valence-corrected chi connectivity index (χ0v) is 12.1. The van der Waals surface area contributed by atoms with Crippen molar-refractivity contribution in [3.63, 3.8) is 0 Å². The van der Waals surface area contributed by atoms with Gasteiger partial charge in [-0.05, 0) is 28.8 Å². The molecule has 0 unspecified atom stereocenters. The van der Waals surface area contributed by atoms with Crippen molar-refractivity contribution in [3.05, 3.63) is 66.7 Å². The van der Waals surface area contributed by atoms with Crippen LogP contribution in [-0.4, -0.2) is 19.6 Å². The molecule has 0 radical (unpaired) electrons. The van der Waals surface area contributed by atoms with Gasteiger partial charge in [0, 0.05) is 25.2 Å². The zero-order valence-electron chi connectivity index (χ0n) is 12.1. The minimum absolute atomic E-state index is 0.376. The standard InChI is InChI=1S/C18H19NO2/c1-3-18(20)21-13-12-14-4-6-15(7-5-14)16-8-10-17(19-2)11-9-16/h3-11,19H,1,12-13H2,2H3. The molecule has 2 aromatic carbocycles. The molecule has 0 aliphatic rings. The van der Waals surface area contributed by atoms with Crippen LogP contribution in [0.5, 0.6) is 0 Å². The summed E-state index contributed by atoms with van der Waals surface area (Å²) in [7, 11) is 1.91. The first kappa shape index (κ1) is 14.9. The van der Waals surface area contributed by atoms with Gasteiger partial charge in [-0.1, -0.05) is 43.0 Å². The summed E-state index contributed by atoms with van der Waals surface area (Å²) < 4.78 is 4.97. The van der Waals surface area contributed by atoms with Crippen molar-refractivity contribution in [2.45, 2.75) is 6.42 Å². The average molecular weight is 281 g/mol. The maximum absolute atomic E-state index is 10.9. The number of ether oxygens (including phenoxy) is 1. The number of hydrogen-bond acceptors (Lipinski definition) is 3. The van der Waals surface area contributed by atoms with Crippen molar-refractivity contribution < 1.29 is 9.53 Å². The SMILES string of the molecule is C=CC(=O)OCCc1ccc(-c2ccc(NC)cc2)cc1. The first-order valence-electron chi connectivity index (χ1n) is 6.89. The van der Waals surface area contributed by atoms with E-state index in [9.17, 15) is 4.79 Å². The van der Waals surface area contributed by atoms with Crippen LogP contribution >= 0.6 is 0 Å². The number of nitrogens with one attached hydrogen (secondary N) is 1.